The SMILES string of the molecule is CC(C)(C)OC(=O)N[C@H](C(=O)O)C12CC3CC(CC(O)(C3)C1)C2.NC(C(=O)O)C12CC3CC(CC(O)(C3)C1)C2. The molecule has 0 aliphatic heterocycles. The lowest BCUT2D eigenvalue weighted by Crippen LogP contribution is -2.64. The Morgan fingerprint density at radius 3 is 1.54 bits per heavy atom. The summed E-state index contributed by atoms with van der Waals surface area (Å²) in [5, 5.41) is 42.6. The van der Waals surface area contributed by atoms with Gasteiger partial charge in [-0.15, -0.1) is 0 Å². The molecule has 0 aromatic rings. The topological polar surface area (TPSA) is 179 Å². The maximum atomic E-state index is 12.1. The van der Waals surface area contributed by atoms with Gasteiger partial charge in [0.05, 0.1) is 11.2 Å². The van der Waals surface area contributed by atoms with Gasteiger partial charge in [0.1, 0.15) is 17.7 Å². The molecule has 8 saturated carbocycles. The number of amides is 1. The molecule has 1 amide bonds. The molecule has 7 N–H and O–H groups in total. The molecule has 8 rings (SSSR count). The van der Waals surface area contributed by atoms with E-state index in [1.807, 2.05) is 0 Å². The first-order valence-corrected chi connectivity index (χ1v) is 14.6. The fraction of sp³-hybridized carbons (Fsp3) is 0.897. The molecule has 39 heavy (non-hydrogen) atoms. The molecule has 0 aromatic heterocycles. The summed E-state index contributed by atoms with van der Waals surface area (Å²) in [6.45, 7) is 5.24. The number of aliphatic hydroxyl groups is 2. The van der Waals surface area contributed by atoms with E-state index in [0.717, 1.165) is 64.2 Å². The first-order valence-electron chi connectivity index (χ1n) is 14.6. The summed E-state index contributed by atoms with van der Waals surface area (Å²) < 4.78 is 5.23. The number of hydrogen-bond acceptors (Lipinski definition) is 7. The Hall–Kier alpha value is -1.91. The summed E-state index contributed by atoms with van der Waals surface area (Å²) in [6, 6.07) is -1.81. The first kappa shape index (κ1) is 28.6. The molecule has 0 radical (unpaired) electrons. The third-order valence-corrected chi connectivity index (χ3v) is 10.6. The summed E-state index contributed by atoms with van der Waals surface area (Å²) in [4.78, 5) is 35.1. The fourth-order valence-electron chi connectivity index (χ4n) is 10.4. The van der Waals surface area contributed by atoms with Crippen molar-refractivity contribution >= 4 is 18.0 Å². The van der Waals surface area contributed by atoms with Crippen LogP contribution < -0.4 is 11.1 Å². The lowest BCUT2D eigenvalue weighted by Gasteiger charge is -2.61. The van der Waals surface area contributed by atoms with Gasteiger partial charge in [-0.1, -0.05) is 0 Å². The minimum atomic E-state index is -1.04. The molecule has 10 nitrogen and oxygen atoms in total. The Morgan fingerprint density at radius 2 is 1.18 bits per heavy atom. The number of carbonyl (C=O) groups excluding carboxylic acids is 1. The van der Waals surface area contributed by atoms with E-state index in [9.17, 15) is 29.7 Å². The number of alkyl carbamates (subject to hydrolysis) is 1. The number of nitrogens with one attached hydrogen (secondary N) is 1. The van der Waals surface area contributed by atoms with Gasteiger partial charge >= 0.3 is 18.0 Å². The molecule has 10 heteroatoms. The van der Waals surface area contributed by atoms with Gasteiger partial charge in [-0.05, 0) is 127 Å². The molecule has 8 fully saturated rings. The van der Waals surface area contributed by atoms with E-state index in [0.29, 0.717) is 36.5 Å². The van der Waals surface area contributed by atoms with Crippen molar-refractivity contribution in [3.63, 3.8) is 0 Å². The van der Waals surface area contributed by atoms with Crippen molar-refractivity contribution in [1.82, 2.24) is 5.32 Å². The van der Waals surface area contributed by atoms with Crippen LogP contribution in [0.3, 0.4) is 0 Å². The van der Waals surface area contributed by atoms with Crippen LogP contribution in [0.25, 0.3) is 0 Å². The van der Waals surface area contributed by atoms with E-state index >= 15 is 0 Å². The largest absolute Gasteiger partial charge is 0.480 e. The van der Waals surface area contributed by atoms with E-state index < -0.39 is 52.3 Å². The number of carbonyl (C=O) groups is 3. The number of ether oxygens (including phenoxy) is 1. The molecule has 0 spiro atoms. The van der Waals surface area contributed by atoms with Crippen LogP contribution in [0.5, 0.6) is 0 Å². The molecule has 8 bridgehead atoms. The zero-order chi connectivity index (χ0) is 28.6. The maximum absolute atomic E-state index is 12.1. The summed E-state index contributed by atoms with van der Waals surface area (Å²) in [5.74, 6) is -0.229. The molecule has 5 unspecified atom stereocenters. The van der Waals surface area contributed by atoms with Crippen molar-refractivity contribution < 1.29 is 39.5 Å². The molecule has 0 heterocycles. The second kappa shape index (κ2) is 9.31. The predicted molar refractivity (Wildman–Crippen MR) is 141 cm³/mol. The molecule has 0 saturated heterocycles. The molecule has 8 aliphatic carbocycles. The van der Waals surface area contributed by atoms with Crippen LogP contribution in [0.1, 0.15) is 97.8 Å². The lowest BCUT2D eigenvalue weighted by atomic mass is 9.46. The number of hydrogen-bond donors (Lipinski definition) is 6. The number of rotatable bonds is 5. The lowest BCUT2D eigenvalue weighted by molar-refractivity contribution is -0.182. The van der Waals surface area contributed by atoms with Crippen LogP contribution in [0.2, 0.25) is 0 Å². The maximum Gasteiger partial charge on any atom is 0.408 e. The van der Waals surface area contributed by atoms with Gasteiger partial charge in [0.15, 0.2) is 0 Å². The zero-order valence-electron chi connectivity index (χ0n) is 23.4. The van der Waals surface area contributed by atoms with Crippen molar-refractivity contribution in [3.05, 3.63) is 0 Å². The molecule has 220 valence electrons. The number of carboxylic acids is 2. The van der Waals surface area contributed by atoms with Gasteiger partial charge in [-0.3, -0.25) is 4.79 Å². The quantitative estimate of drug-likeness (QED) is 0.300. The Kier molecular flexibility index (Phi) is 6.83. The van der Waals surface area contributed by atoms with Crippen LogP contribution in [-0.4, -0.2) is 67.3 Å². The highest BCUT2D eigenvalue weighted by atomic mass is 16.6. The van der Waals surface area contributed by atoms with Crippen molar-refractivity contribution in [3.8, 4) is 0 Å². The molecular formula is C29H46N2O8. The molecule has 8 aliphatic rings. The van der Waals surface area contributed by atoms with E-state index in [2.05, 4.69) is 5.32 Å². The number of aliphatic carboxylic acids is 2. The second-order valence-electron chi connectivity index (χ2n) is 15.3. The third-order valence-electron chi connectivity index (χ3n) is 10.6. The van der Waals surface area contributed by atoms with E-state index in [4.69, 9.17) is 15.6 Å². The first-order chi connectivity index (χ1) is 17.9. The summed E-state index contributed by atoms with van der Waals surface area (Å²) >= 11 is 0. The van der Waals surface area contributed by atoms with Crippen molar-refractivity contribution in [2.75, 3.05) is 0 Å². The molecular weight excluding hydrogens is 504 g/mol. The van der Waals surface area contributed by atoms with Crippen molar-refractivity contribution in [1.29, 1.82) is 0 Å². The minimum Gasteiger partial charge on any atom is -0.480 e. The van der Waals surface area contributed by atoms with Crippen LogP contribution in [0.15, 0.2) is 0 Å². The monoisotopic (exact) mass is 550 g/mol. The molecule has 0 aromatic carbocycles. The third kappa shape index (κ3) is 5.53. The number of carboxylic acid groups (broad SMARTS) is 2. The van der Waals surface area contributed by atoms with Gasteiger partial charge < -0.3 is 36.2 Å². The predicted octanol–water partition coefficient (Wildman–Crippen LogP) is 3.03. The average molecular weight is 551 g/mol. The highest BCUT2D eigenvalue weighted by molar-refractivity contribution is 5.81. The van der Waals surface area contributed by atoms with E-state index in [1.165, 1.54) is 0 Å². The highest BCUT2D eigenvalue weighted by Gasteiger charge is 2.62. The minimum absolute atomic E-state index is 0.329. The Morgan fingerprint density at radius 1 is 0.769 bits per heavy atom. The van der Waals surface area contributed by atoms with Crippen molar-refractivity contribution in [2.45, 2.75) is 127 Å². The highest BCUT2D eigenvalue weighted by Crippen LogP contribution is 2.63. The van der Waals surface area contributed by atoms with Crippen LogP contribution >= 0.6 is 0 Å². The van der Waals surface area contributed by atoms with Crippen LogP contribution in [0, 0.1) is 34.5 Å². The van der Waals surface area contributed by atoms with E-state index in [-0.39, 0.29) is 5.41 Å². The smallest absolute Gasteiger partial charge is 0.408 e. The molecule has 6 atom stereocenters. The van der Waals surface area contributed by atoms with Gasteiger partial charge in [-0.2, -0.15) is 0 Å². The Bertz CT molecular complexity index is 993. The van der Waals surface area contributed by atoms with Crippen LogP contribution in [-0.2, 0) is 14.3 Å². The van der Waals surface area contributed by atoms with Gasteiger partial charge in [0, 0.05) is 5.41 Å². The Labute approximate surface area is 230 Å². The van der Waals surface area contributed by atoms with Gasteiger partial charge in [-0.25, -0.2) is 9.59 Å². The fourth-order valence-corrected chi connectivity index (χ4v) is 10.4. The van der Waals surface area contributed by atoms with Gasteiger partial charge in [0.25, 0.3) is 0 Å². The average Bonchev–Trinajstić information content (AvgIpc) is 2.72. The number of nitrogens with two attached hydrogens (primary N) is 1. The standard InChI is InChI=1S/C17H27NO5.C12H19NO3/c1-15(2,3)23-14(21)18-12(13(19)20)16-5-10-4-11(6-16)8-17(22,7-10)9-16;13-9(10(14)15)11-2-7-1-8(3-11)5-12(16,4-7)6-11/h10-12,22H,4-9H2,1-3H3,(H,18,21)(H,19,20);7-9,16H,1-6,13H2,(H,14,15)/t10?,11?,12-,16?,17?;/m1./s1. The van der Waals surface area contributed by atoms with E-state index in [1.54, 1.807) is 20.8 Å². The zero-order valence-corrected chi connectivity index (χ0v) is 23.4. The summed E-state index contributed by atoms with van der Waals surface area (Å²) in [6.07, 6.45) is 9.17. The van der Waals surface area contributed by atoms with Gasteiger partial charge in [0.2, 0.25) is 0 Å². The summed E-state index contributed by atoms with van der Waals surface area (Å²) in [5.41, 5.74) is 2.94. The van der Waals surface area contributed by atoms with Crippen molar-refractivity contribution in [2.24, 2.45) is 40.2 Å². The summed E-state index contributed by atoms with van der Waals surface area (Å²) in [7, 11) is 0. The van der Waals surface area contributed by atoms with Crippen LogP contribution in [0.4, 0.5) is 4.79 Å². The second-order valence-corrected chi connectivity index (χ2v) is 15.3. The normalized spacial score (nSPS) is 44.7. The Balaban J connectivity index is 0.000000168.